The van der Waals surface area contributed by atoms with Crippen molar-refractivity contribution >= 4 is 19.8 Å². The molecule has 0 fully saturated rings. The number of unbranched alkanes of at least 4 members (excludes halogenated alkanes) is 18. The molecule has 2 aromatic rings. The largest absolute Gasteiger partial charge is 0.472 e. The van der Waals surface area contributed by atoms with E-state index in [1.807, 2.05) is 19.0 Å². The van der Waals surface area contributed by atoms with Gasteiger partial charge < -0.3 is 28.1 Å². The van der Waals surface area contributed by atoms with E-state index in [4.69, 9.17) is 27.4 Å². The third kappa shape index (κ3) is 26.4. The number of hydrogen-bond donors (Lipinski definition) is 1. The molecule has 2 heterocycles. The average Bonchev–Trinajstić information content (AvgIpc) is 3.72. The maximum absolute atomic E-state index is 12.8. The molecule has 2 atom stereocenters. The van der Waals surface area contributed by atoms with Gasteiger partial charge in [0.1, 0.15) is 29.6 Å². The van der Waals surface area contributed by atoms with Gasteiger partial charge in [0.15, 0.2) is 6.10 Å². The number of aryl methyl sites for hydroxylation is 5. The lowest BCUT2D eigenvalue weighted by Gasteiger charge is -2.20. The third-order valence-corrected chi connectivity index (χ3v) is 12.7. The lowest BCUT2D eigenvalue weighted by Crippen LogP contribution is -2.29. The van der Waals surface area contributed by atoms with Crippen LogP contribution >= 0.6 is 7.82 Å². The molecule has 0 amide bonds. The highest BCUT2D eigenvalue weighted by Crippen LogP contribution is 2.43. The summed E-state index contributed by atoms with van der Waals surface area (Å²) in [6.07, 6.45) is 28.0. The summed E-state index contributed by atoms with van der Waals surface area (Å²) in [5, 5.41) is 0. The van der Waals surface area contributed by atoms with E-state index in [0.29, 0.717) is 13.0 Å². The summed E-state index contributed by atoms with van der Waals surface area (Å²) in [6, 6.07) is 2.18. The number of ether oxygens (including phenoxy) is 2. The van der Waals surface area contributed by atoms with Crippen LogP contribution in [-0.2, 0) is 58.4 Å². The van der Waals surface area contributed by atoms with Crippen molar-refractivity contribution in [2.45, 2.75) is 221 Å². The van der Waals surface area contributed by atoms with Gasteiger partial charge in [0.05, 0.1) is 13.2 Å². The van der Waals surface area contributed by atoms with Crippen molar-refractivity contribution in [3.05, 3.63) is 45.8 Å². The van der Waals surface area contributed by atoms with Gasteiger partial charge in [-0.3, -0.25) is 18.6 Å². The molecular weight excluding hydrogens is 806 g/mol. The second-order valence-corrected chi connectivity index (χ2v) is 19.2. The number of rotatable bonds is 40. The predicted molar refractivity (Wildman–Crippen MR) is 250 cm³/mol. The molecule has 0 spiro atoms. The van der Waals surface area contributed by atoms with Gasteiger partial charge in [-0.15, -0.1) is 0 Å². The zero-order chi connectivity index (χ0) is 45.4. The van der Waals surface area contributed by atoms with Crippen LogP contribution in [0.25, 0.3) is 0 Å². The SMILES string of the molecule is CCCCCc1oc(CCCCCCCCCCCCC(=O)OC[C@H](COP(=O)(O)OCCN(C)C)OC(=O)CCCCCCCCCCc2oc(CCC)cc2C)c(C)c1C. The van der Waals surface area contributed by atoms with E-state index in [1.54, 1.807) is 0 Å². The predicted octanol–water partition coefficient (Wildman–Crippen LogP) is 13.2. The Bertz CT molecular complexity index is 1520. The van der Waals surface area contributed by atoms with Crippen LogP contribution in [0.5, 0.6) is 0 Å². The molecule has 0 aliphatic rings. The fourth-order valence-corrected chi connectivity index (χ4v) is 8.44. The molecule has 12 heteroatoms. The van der Waals surface area contributed by atoms with Gasteiger partial charge in [0.2, 0.25) is 0 Å². The van der Waals surface area contributed by atoms with Gasteiger partial charge in [-0.25, -0.2) is 4.57 Å². The monoisotopic (exact) mass is 894 g/mol. The van der Waals surface area contributed by atoms with Gasteiger partial charge in [0.25, 0.3) is 0 Å². The number of nitrogens with zero attached hydrogens (tertiary/aromatic N) is 1. The van der Waals surface area contributed by atoms with Crippen LogP contribution < -0.4 is 0 Å². The van der Waals surface area contributed by atoms with Crippen LogP contribution in [0.15, 0.2) is 14.9 Å². The van der Waals surface area contributed by atoms with Crippen LogP contribution in [0.1, 0.15) is 208 Å². The molecular formula is C50H88NO10P. The second-order valence-electron chi connectivity index (χ2n) is 17.8. The van der Waals surface area contributed by atoms with Gasteiger partial charge in [-0.05, 0) is 96.1 Å². The molecule has 0 saturated heterocycles. The van der Waals surface area contributed by atoms with Crippen molar-refractivity contribution in [2.75, 3.05) is 40.5 Å². The van der Waals surface area contributed by atoms with Crippen molar-refractivity contribution < 1.29 is 46.4 Å². The Hall–Kier alpha value is -2.43. The number of hydrogen-bond acceptors (Lipinski definition) is 10. The summed E-state index contributed by atoms with van der Waals surface area (Å²) in [6.45, 7) is 10.7. The summed E-state index contributed by atoms with van der Waals surface area (Å²) >= 11 is 0. The Morgan fingerprint density at radius 2 is 1.10 bits per heavy atom. The molecule has 0 aromatic carbocycles. The Labute approximate surface area is 376 Å². The van der Waals surface area contributed by atoms with E-state index in [2.05, 4.69) is 40.7 Å². The summed E-state index contributed by atoms with van der Waals surface area (Å²) in [4.78, 5) is 37.3. The van der Waals surface area contributed by atoms with Crippen molar-refractivity contribution in [3.8, 4) is 0 Å². The fourth-order valence-electron chi connectivity index (χ4n) is 7.70. The molecule has 0 bridgehead atoms. The number of carbonyl (C=O) groups is 2. The molecule has 1 N–H and O–H groups in total. The molecule has 0 aliphatic carbocycles. The zero-order valence-corrected chi connectivity index (χ0v) is 41.2. The molecule has 2 rings (SSSR count). The number of furan rings is 2. The van der Waals surface area contributed by atoms with Crippen LogP contribution in [-0.4, -0.2) is 68.3 Å². The van der Waals surface area contributed by atoms with Gasteiger partial charge in [-0.1, -0.05) is 117 Å². The summed E-state index contributed by atoms with van der Waals surface area (Å²) in [5.74, 6) is 3.78. The number of phosphoric ester groups is 1. The summed E-state index contributed by atoms with van der Waals surface area (Å²) < 4.78 is 45.9. The zero-order valence-electron chi connectivity index (χ0n) is 40.3. The first kappa shape index (κ1) is 55.7. The number of phosphoric acid groups is 1. The topological polar surface area (TPSA) is 138 Å². The van der Waals surface area contributed by atoms with Crippen LogP contribution in [0.3, 0.4) is 0 Å². The molecule has 1 unspecified atom stereocenters. The van der Waals surface area contributed by atoms with Gasteiger partial charge in [0, 0.05) is 45.1 Å². The summed E-state index contributed by atoms with van der Waals surface area (Å²) in [5.41, 5.74) is 3.96. The minimum atomic E-state index is -4.38. The first-order valence-electron chi connectivity index (χ1n) is 24.6. The average molecular weight is 894 g/mol. The highest BCUT2D eigenvalue weighted by molar-refractivity contribution is 7.47. The Morgan fingerprint density at radius 1 is 0.613 bits per heavy atom. The second kappa shape index (κ2) is 34.0. The van der Waals surface area contributed by atoms with E-state index in [0.717, 1.165) is 95.0 Å². The standard InChI is InChI=1S/C50H88NO10P/c1-8-10-25-32-47-42(4)43(5)48(61-47)33-27-22-18-13-11-12-14-19-23-28-34-49(52)56-39-45(40-58-62(54,55)57-37-36-51(6)7)60-50(53)35-29-24-20-16-15-17-21-26-31-46-41(3)38-44(59-46)30-9-2/h38,45H,8-37,39-40H2,1-7H3,(H,54,55)/t45-/m1/s1. The van der Waals surface area contributed by atoms with Gasteiger partial charge in [-0.2, -0.15) is 0 Å². The van der Waals surface area contributed by atoms with E-state index in [1.165, 1.54) is 105 Å². The van der Waals surface area contributed by atoms with Crippen molar-refractivity contribution in [3.63, 3.8) is 0 Å². The van der Waals surface area contributed by atoms with Crippen molar-refractivity contribution in [1.29, 1.82) is 0 Å². The Balaban J connectivity index is 1.58. The lowest BCUT2D eigenvalue weighted by molar-refractivity contribution is -0.161. The molecule has 358 valence electrons. The maximum Gasteiger partial charge on any atom is 0.472 e. The summed E-state index contributed by atoms with van der Waals surface area (Å²) in [7, 11) is -0.739. The maximum atomic E-state index is 12.8. The fraction of sp³-hybridized carbons (Fsp3) is 0.800. The molecule has 0 aliphatic heterocycles. The number of carbonyl (C=O) groups excluding carboxylic acids is 2. The van der Waals surface area contributed by atoms with Crippen LogP contribution in [0.4, 0.5) is 0 Å². The first-order chi connectivity index (χ1) is 29.8. The Kier molecular flexibility index (Phi) is 30.5. The van der Waals surface area contributed by atoms with Crippen molar-refractivity contribution in [1.82, 2.24) is 4.90 Å². The normalized spacial score (nSPS) is 13.2. The number of likely N-dealkylation sites (N-methyl/N-ethyl adjacent to an activating group) is 1. The molecule has 0 saturated carbocycles. The van der Waals surface area contributed by atoms with Crippen LogP contribution in [0, 0.1) is 20.8 Å². The minimum Gasteiger partial charge on any atom is -0.466 e. The molecule has 11 nitrogen and oxygen atoms in total. The molecule has 0 radical (unpaired) electrons. The quantitative estimate of drug-likeness (QED) is 0.0389. The molecule has 62 heavy (non-hydrogen) atoms. The highest BCUT2D eigenvalue weighted by atomic mass is 31.2. The first-order valence-corrected chi connectivity index (χ1v) is 26.1. The van der Waals surface area contributed by atoms with Crippen LogP contribution in [0.2, 0.25) is 0 Å². The number of esters is 2. The highest BCUT2D eigenvalue weighted by Gasteiger charge is 2.26. The van der Waals surface area contributed by atoms with E-state index in [9.17, 15) is 19.0 Å². The smallest absolute Gasteiger partial charge is 0.466 e. The van der Waals surface area contributed by atoms with Gasteiger partial charge >= 0.3 is 19.8 Å². The third-order valence-electron chi connectivity index (χ3n) is 11.7. The van der Waals surface area contributed by atoms with E-state index < -0.39 is 26.5 Å². The van der Waals surface area contributed by atoms with E-state index >= 15 is 0 Å². The lowest BCUT2D eigenvalue weighted by atomic mass is 10.0. The Morgan fingerprint density at radius 3 is 1.61 bits per heavy atom. The van der Waals surface area contributed by atoms with Crippen molar-refractivity contribution in [2.24, 2.45) is 0 Å². The van der Waals surface area contributed by atoms with E-state index in [-0.39, 0.29) is 32.0 Å². The molecule has 2 aromatic heterocycles. The minimum absolute atomic E-state index is 0.00257.